The maximum Gasteiger partial charge on any atom is 0.255 e. The zero-order valence-electron chi connectivity index (χ0n) is 10.8. The van der Waals surface area contributed by atoms with Crippen LogP contribution in [-0.2, 0) is 4.74 Å². The molecule has 0 bridgehead atoms. The number of aromatic nitrogens is 2. The Balaban J connectivity index is 2.10. The van der Waals surface area contributed by atoms with Crippen molar-refractivity contribution in [1.29, 1.82) is 0 Å². The van der Waals surface area contributed by atoms with E-state index in [2.05, 4.69) is 30.9 Å². The standard InChI is InChI=1S/C12H21N3O2/c1-12(2,3)9(13)10-14-11(17-15-10)8-6-4-5-7-16-8/h8-9H,4-7,13H2,1-3H3. The van der Waals surface area contributed by atoms with Gasteiger partial charge in [0.15, 0.2) is 5.82 Å². The summed E-state index contributed by atoms with van der Waals surface area (Å²) in [6, 6.07) is -0.219. The lowest BCUT2D eigenvalue weighted by molar-refractivity contribution is -0.00459. The highest BCUT2D eigenvalue weighted by Crippen LogP contribution is 2.31. The smallest absolute Gasteiger partial charge is 0.255 e. The highest BCUT2D eigenvalue weighted by molar-refractivity contribution is 4.99. The molecule has 0 amide bonds. The van der Waals surface area contributed by atoms with Gasteiger partial charge < -0.3 is 15.0 Å². The second-order valence-corrected chi connectivity index (χ2v) is 5.69. The third-order valence-corrected chi connectivity index (χ3v) is 3.12. The minimum atomic E-state index is -0.219. The lowest BCUT2D eigenvalue weighted by Crippen LogP contribution is -2.27. The summed E-state index contributed by atoms with van der Waals surface area (Å²) in [6.07, 6.45) is 3.16. The fraction of sp³-hybridized carbons (Fsp3) is 0.833. The second-order valence-electron chi connectivity index (χ2n) is 5.69. The molecule has 0 aliphatic carbocycles. The van der Waals surface area contributed by atoms with Gasteiger partial charge in [0.05, 0.1) is 6.04 Å². The molecule has 5 nitrogen and oxygen atoms in total. The Morgan fingerprint density at radius 1 is 1.35 bits per heavy atom. The van der Waals surface area contributed by atoms with Crippen LogP contribution in [0.15, 0.2) is 4.52 Å². The summed E-state index contributed by atoms with van der Waals surface area (Å²) in [5.74, 6) is 1.14. The maximum atomic E-state index is 6.09. The van der Waals surface area contributed by atoms with E-state index in [9.17, 15) is 0 Å². The van der Waals surface area contributed by atoms with Crippen LogP contribution in [-0.4, -0.2) is 16.7 Å². The van der Waals surface area contributed by atoms with Crippen molar-refractivity contribution in [3.8, 4) is 0 Å². The summed E-state index contributed by atoms with van der Waals surface area (Å²) in [5, 5.41) is 3.97. The highest BCUT2D eigenvalue weighted by atomic mass is 16.5. The molecule has 17 heavy (non-hydrogen) atoms. The summed E-state index contributed by atoms with van der Waals surface area (Å²) in [6.45, 7) is 6.95. The van der Waals surface area contributed by atoms with E-state index in [0.29, 0.717) is 11.7 Å². The number of nitrogens with two attached hydrogens (primary N) is 1. The predicted octanol–water partition coefficient (Wildman–Crippen LogP) is 2.36. The van der Waals surface area contributed by atoms with Crippen LogP contribution < -0.4 is 5.73 Å². The number of rotatable bonds is 2. The number of hydrogen-bond donors (Lipinski definition) is 1. The quantitative estimate of drug-likeness (QED) is 0.857. The van der Waals surface area contributed by atoms with Gasteiger partial charge in [0.2, 0.25) is 0 Å². The fourth-order valence-electron chi connectivity index (χ4n) is 1.83. The molecule has 1 aliphatic rings. The molecule has 2 unspecified atom stereocenters. The van der Waals surface area contributed by atoms with E-state index in [1.807, 2.05) is 0 Å². The van der Waals surface area contributed by atoms with Gasteiger partial charge >= 0.3 is 0 Å². The van der Waals surface area contributed by atoms with Gasteiger partial charge in [-0.15, -0.1) is 0 Å². The zero-order valence-corrected chi connectivity index (χ0v) is 10.8. The van der Waals surface area contributed by atoms with Crippen LogP contribution in [0.25, 0.3) is 0 Å². The molecular formula is C12H21N3O2. The first kappa shape index (κ1) is 12.5. The summed E-state index contributed by atoms with van der Waals surface area (Å²) < 4.78 is 10.9. The third-order valence-electron chi connectivity index (χ3n) is 3.12. The van der Waals surface area contributed by atoms with E-state index in [-0.39, 0.29) is 17.6 Å². The summed E-state index contributed by atoms with van der Waals surface area (Å²) >= 11 is 0. The van der Waals surface area contributed by atoms with E-state index in [0.717, 1.165) is 25.9 Å². The largest absolute Gasteiger partial charge is 0.368 e. The van der Waals surface area contributed by atoms with Crippen LogP contribution in [0.2, 0.25) is 0 Å². The number of hydrogen-bond acceptors (Lipinski definition) is 5. The van der Waals surface area contributed by atoms with E-state index < -0.39 is 0 Å². The topological polar surface area (TPSA) is 74.2 Å². The third kappa shape index (κ3) is 2.84. The first-order valence-corrected chi connectivity index (χ1v) is 6.19. The molecule has 1 saturated heterocycles. The van der Waals surface area contributed by atoms with Crippen LogP contribution in [0.3, 0.4) is 0 Å². The molecule has 2 N–H and O–H groups in total. The molecule has 1 aromatic rings. The molecule has 0 radical (unpaired) electrons. The van der Waals surface area contributed by atoms with Gasteiger partial charge in [-0.2, -0.15) is 4.98 Å². The van der Waals surface area contributed by atoms with Crippen LogP contribution in [0.4, 0.5) is 0 Å². The Morgan fingerprint density at radius 2 is 2.12 bits per heavy atom. The molecule has 0 saturated carbocycles. The van der Waals surface area contributed by atoms with Crippen molar-refractivity contribution in [3.05, 3.63) is 11.7 Å². The van der Waals surface area contributed by atoms with Crippen molar-refractivity contribution >= 4 is 0 Å². The Bertz CT molecular complexity index is 364. The molecule has 1 aromatic heterocycles. The molecular weight excluding hydrogens is 218 g/mol. The lowest BCUT2D eigenvalue weighted by atomic mass is 9.87. The molecule has 2 atom stereocenters. The van der Waals surface area contributed by atoms with Crippen molar-refractivity contribution in [2.75, 3.05) is 6.61 Å². The maximum absolute atomic E-state index is 6.09. The molecule has 96 valence electrons. The predicted molar refractivity (Wildman–Crippen MR) is 63.2 cm³/mol. The highest BCUT2D eigenvalue weighted by Gasteiger charge is 2.29. The Kier molecular flexibility index (Phi) is 3.49. The van der Waals surface area contributed by atoms with Crippen LogP contribution in [0.1, 0.15) is 63.9 Å². The minimum Gasteiger partial charge on any atom is -0.368 e. The Morgan fingerprint density at radius 3 is 2.71 bits per heavy atom. The zero-order chi connectivity index (χ0) is 12.5. The van der Waals surface area contributed by atoms with Gasteiger partial charge in [0.25, 0.3) is 5.89 Å². The van der Waals surface area contributed by atoms with E-state index >= 15 is 0 Å². The van der Waals surface area contributed by atoms with Crippen molar-refractivity contribution < 1.29 is 9.26 Å². The number of ether oxygens (including phenoxy) is 1. The van der Waals surface area contributed by atoms with Gasteiger partial charge in [-0.05, 0) is 24.7 Å². The SMILES string of the molecule is CC(C)(C)C(N)c1noc(C2CCCCO2)n1. The van der Waals surface area contributed by atoms with Gasteiger partial charge in [-0.1, -0.05) is 25.9 Å². The van der Waals surface area contributed by atoms with E-state index in [1.54, 1.807) is 0 Å². The first-order chi connectivity index (χ1) is 7.98. The van der Waals surface area contributed by atoms with Crippen LogP contribution in [0.5, 0.6) is 0 Å². The van der Waals surface area contributed by atoms with Gasteiger partial charge in [0.1, 0.15) is 6.10 Å². The average Bonchev–Trinajstić information content (AvgIpc) is 2.77. The summed E-state index contributed by atoms with van der Waals surface area (Å²) in [4.78, 5) is 4.37. The van der Waals surface area contributed by atoms with E-state index in [4.69, 9.17) is 15.0 Å². The normalized spacial score (nSPS) is 23.6. The first-order valence-electron chi connectivity index (χ1n) is 6.19. The van der Waals surface area contributed by atoms with Crippen molar-refractivity contribution in [1.82, 2.24) is 10.1 Å². The molecule has 1 fully saturated rings. The van der Waals surface area contributed by atoms with Crippen LogP contribution in [0, 0.1) is 5.41 Å². The Labute approximate surface area is 102 Å². The van der Waals surface area contributed by atoms with Crippen molar-refractivity contribution in [2.24, 2.45) is 11.1 Å². The molecule has 0 spiro atoms. The summed E-state index contributed by atoms with van der Waals surface area (Å²) in [5.41, 5.74) is 6.01. The molecule has 5 heteroatoms. The Hall–Kier alpha value is -0.940. The average molecular weight is 239 g/mol. The van der Waals surface area contributed by atoms with Gasteiger partial charge in [-0.3, -0.25) is 0 Å². The van der Waals surface area contributed by atoms with Gasteiger partial charge in [-0.25, -0.2) is 0 Å². The lowest BCUT2D eigenvalue weighted by Gasteiger charge is -2.23. The number of nitrogens with zero attached hydrogens (tertiary/aromatic N) is 2. The monoisotopic (exact) mass is 239 g/mol. The van der Waals surface area contributed by atoms with Crippen LogP contribution >= 0.6 is 0 Å². The fourth-order valence-corrected chi connectivity index (χ4v) is 1.83. The summed E-state index contributed by atoms with van der Waals surface area (Å²) in [7, 11) is 0. The molecule has 2 rings (SSSR count). The molecule has 2 heterocycles. The van der Waals surface area contributed by atoms with E-state index in [1.165, 1.54) is 0 Å². The molecule has 0 aromatic carbocycles. The van der Waals surface area contributed by atoms with Crippen molar-refractivity contribution in [2.45, 2.75) is 52.2 Å². The van der Waals surface area contributed by atoms with Gasteiger partial charge in [0, 0.05) is 6.61 Å². The van der Waals surface area contributed by atoms with Crippen molar-refractivity contribution in [3.63, 3.8) is 0 Å². The minimum absolute atomic E-state index is 0.0443. The molecule has 1 aliphatic heterocycles. The second kappa shape index (κ2) is 4.74.